The predicted molar refractivity (Wildman–Crippen MR) is 88.9 cm³/mol. The Morgan fingerprint density at radius 2 is 1.86 bits per heavy atom. The van der Waals surface area contributed by atoms with Crippen LogP contribution in [0.25, 0.3) is 0 Å². The Morgan fingerprint density at radius 3 is 2.41 bits per heavy atom. The van der Waals surface area contributed by atoms with E-state index in [1.165, 1.54) is 19.3 Å². The molecule has 0 amide bonds. The summed E-state index contributed by atoms with van der Waals surface area (Å²) in [5, 5.41) is 10.3. The maximum Gasteiger partial charge on any atom is 0.0900 e. The lowest BCUT2D eigenvalue weighted by Crippen LogP contribution is -2.48. The molecule has 0 aromatic heterocycles. The van der Waals surface area contributed by atoms with Crippen molar-refractivity contribution in [2.24, 2.45) is 16.7 Å². The van der Waals surface area contributed by atoms with Crippen molar-refractivity contribution in [3.63, 3.8) is 0 Å². The quantitative estimate of drug-likeness (QED) is 0.840. The summed E-state index contributed by atoms with van der Waals surface area (Å²) in [6, 6.07) is 0. The van der Waals surface area contributed by atoms with Crippen LogP contribution in [0.2, 0.25) is 0 Å². The summed E-state index contributed by atoms with van der Waals surface area (Å²) in [6.45, 7) is 12.8. The smallest absolute Gasteiger partial charge is 0.0900 e. The van der Waals surface area contributed by atoms with E-state index in [0.29, 0.717) is 23.5 Å². The van der Waals surface area contributed by atoms with Gasteiger partial charge in [0, 0.05) is 32.7 Å². The minimum absolute atomic E-state index is 0.297. The Morgan fingerprint density at radius 1 is 1.18 bits per heavy atom. The van der Waals surface area contributed by atoms with Gasteiger partial charge in [0.2, 0.25) is 0 Å². The van der Waals surface area contributed by atoms with Crippen molar-refractivity contribution < 1.29 is 9.84 Å². The van der Waals surface area contributed by atoms with Crippen LogP contribution in [-0.2, 0) is 4.74 Å². The third-order valence-corrected chi connectivity index (χ3v) is 7.27. The van der Waals surface area contributed by atoms with Gasteiger partial charge >= 0.3 is 0 Å². The Balaban J connectivity index is 1.45. The zero-order chi connectivity index (χ0) is 16.0. The summed E-state index contributed by atoms with van der Waals surface area (Å²) in [7, 11) is 2.16. The van der Waals surface area contributed by atoms with Crippen molar-refractivity contribution >= 4 is 0 Å². The van der Waals surface area contributed by atoms with Crippen molar-refractivity contribution in [3.05, 3.63) is 0 Å². The van der Waals surface area contributed by atoms with E-state index in [0.717, 1.165) is 38.6 Å². The van der Waals surface area contributed by atoms with Gasteiger partial charge in [0.05, 0.1) is 18.8 Å². The summed E-state index contributed by atoms with van der Waals surface area (Å²) < 4.78 is 6.21. The lowest BCUT2D eigenvalue weighted by Gasteiger charge is -2.39. The molecule has 4 atom stereocenters. The van der Waals surface area contributed by atoms with Gasteiger partial charge in [0.25, 0.3) is 0 Å². The molecule has 4 heteroatoms. The molecular weight excluding hydrogens is 276 g/mol. The molecule has 0 unspecified atom stereocenters. The SMILES string of the molecule is CN1CCN(C[C@@H](O)CO[C@@H]2C[C@@H]3CC[C@@]2(C)C3(C)C)CC1. The molecule has 1 aliphatic heterocycles. The maximum atomic E-state index is 10.3. The first-order valence-corrected chi connectivity index (χ1v) is 9.03. The number of rotatable bonds is 5. The molecule has 2 saturated carbocycles. The molecule has 3 aliphatic rings. The number of hydrogen-bond acceptors (Lipinski definition) is 4. The summed E-state index contributed by atoms with van der Waals surface area (Å²) in [5.41, 5.74) is 0.686. The predicted octanol–water partition coefficient (Wildman–Crippen LogP) is 1.83. The molecule has 1 heterocycles. The van der Waals surface area contributed by atoms with Crippen molar-refractivity contribution in [2.45, 2.75) is 52.2 Å². The molecule has 0 radical (unpaired) electrons. The van der Waals surface area contributed by atoms with Crippen molar-refractivity contribution in [1.82, 2.24) is 9.80 Å². The lowest BCUT2D eigenvalue weighted by molar-refractivity contribution is -0.0804. The molecular formula is C18H34N2O2. The van der Waals surface area contributed by atoms with Gasteiger partial charge in [-0.2, -0.15) is 0 Å². The number of likely N-dealkylation sites (N-methyl/N-ethyl adjacent to an activating group) is 1. The van der Waals surface area contributed by atoms with E-state index < -0.39 is 0 Å². The maximum absolute atomic E-state index is 10.3. The Bertz CT molecular complexity index is 393. The third kappa shape index (κ3) is 2.83. The van der Waals surface area contributed by atoms with Crippen LogP contribution in [0.15, 0.2) is 0 Å². The number of aliphatic hydroxyl groups excluding tert-OH is 1. The van der Waals surface area contributed by atoms with Gasteiger partial charge in [0.15, 0.2) is 0 Å². The van der Waals surface area contributed by atoms with Gasteiger partial charge < -0.3 is 14.7 Å². The number of hydrogen-bond donors (Lipinski definition) is 1. The molecule has 128 valence electrons. The molecule has 4 nitrogen and oxygen atoms in total. The second-order valence-electron chi connectivity index (χ2n) is 8.69. The lowest BCUT2D eigenvalue weighted by atomic mass is 9.70. The topological polar surface area (TPSA) is 35.9 Å². The summed E-state index contributed by atoms with van der Waals surface area (Å²) in [6.07, 6.45) is 3.81. The third-order valence-electron chi connectivity index (χ3n) is 7.27. The number of aliphatic hydroxyl groups is 1. The van der Waals surface area contributed by atoms with E-state index in [9.17, 15) is 5.11 Å². The summed E-state index contributed by atoms with van der Waals surface area (Å²) in [4.78, 5) is 4.71. The number of piperazine rings is 1. The van der Waals surface area contributed by atoms with Crippen molar-refractivity contribution in [1.29, 1.82) is 0 Å². The fourth-order valence-electron chi connectivity index (χ4n) is 4.99. The molecule has 3 fully saturated rings. The molecule has 3 rings (SSSR count). The highest BCUT2D eigenvalue weighted by Crippen LogP contribution is 2.66. The average Bonchev–Trinajstić information content (AvgIpc) is 2.80. The van der Waals surface area contributed by atoms with Crippen LogP contribution in [-0.4, -0.2) is 73.5 Å². The van der Waals surface area contributed by atoms with Gasteiger partial charge in [0.1, 0.15) is 0 Å². The molecule has 0 aromatic rings. The van der Waals surface area contributed by atoms with E-state index in [1.54, 1.807) is 0 Å². The highest BCUT2D eigenvalue weighted by molar-refractivity contribution is 5.11. The molecule has 0 aromatic carbocycles. The van der Waals surface area contributed by atoms with E-state index in [2.05, 4.69) is 37.6 Å². The van der Waals surface area contributed by atoms with Crippen LogP contribution in [0.5, 0.6) is 0 Å². The zero-order valence-electron chi connectivity index (χ0n) is 14.8. The monoisotopic (exact) mass is 310 g/mol. The van der Waals surface area contributed by atoms with Crippen LogP contribution in [0.1, 0.15) is 40.0 Å². The Labute approximate surface area is 135 Å². The Hall–Kier alpha value is -0.160. The number of β-amino-alcohol motifs (C(OH)–C–C–N with tert-alkyl or cyclic N) is 1. The van der Waals surface area contributed by atoms with Crippen LogP contribution in [0.3, 0.4) is 0 Å². The van der Waals surface area contributed by atoms with E-state index >= 15 is 0 Å². The molecule has 1 N–H and O–H groups in total. The molecule has 22 heavy (non-hydrogen) atoms. The van der Waals surface area contributed by atoms with E-state index in [-0.39, 0.29) is 6.10 Å². The van der Waals surface area contributed by atoms with Gasteiger partial charge in [-0.05, 0) is 43.1 Å². The molecule has 2 aliphatic carbocycles. The first-order chi connectivity index (χ1) is 10.3. The van der Waals surface area contributed by atoms with Crippen molar-refractivity contribution in [3.8, 4) is 0 Å². The second-order valence-corrected chi connectivity index (χ2v) is 8.69. The normalized spacial score (nSPS) is 40.2. The van der Waals surface area contributed by atoms with Gasteiger partial charge in [-0.3, -0.25) is 4.90 Å². The van der Waals surface area contributed by atoms with Crippen molar-refractivity contribution in [2.75, 3.05) is 46.4 Å². The van der Waals surface area contributed by atoms with E-state index in [4.69, 9.17) is 4.74 Å². The van der Waals surface area contributed by atoms with Crippen LogP contribution >= 0.6 is 0 Å². The number of ether oxygens (including phenoxy) is 1. The number of fused-ring (bicyclic) bond motifs is 2. The Kier molecular flexibility index (Phi) is 4.59. The van der Waals surface area contributed by atoms with Gasteiger partial charge in [-0.15, -0.1) is 0 Å². The standard InChI is InChI=1S/C18H34N2O2/c1-17(2)14-5-6-18(17,3)16(11-14)22-13-15(21)12-20-9-7-19(4)8-10-20/h14-16,21H,5-13H2,1-4H3/t14-,15+,16+,18+/m0/s1. The minimum Gasteiger partial charge on any atom is -0.389 e. The first kappa shape index (κ1) is 16.7. The first-order valence-electron chi connectivity index (χ1n) is 9.03. The highest BCUT2D eigenvalue weighted by atomic mass is 16.5. The summed E-state index contributed by atoms with van der Waals surface area (Å²) in [5.74, 6) is 0.803. The highest BCUT2D eigenvalue weighted by Gasteiger charge is 2.61. The van der Waals surface area contributed by atoms with Gasteiger partial charge in [-0.1, -0.05) is 20.8 Å². The van der Waals surface area contributed by atoms with E-state index in [1.807, 2.05) is 0 Å². The second kappa shape index (κ2) is 6.04. The fourth-order valence-corrected chi connectivity index (χ4v) is 4.99. The zero-order valence-corrected chi connectivity index (χ0v) is 14.8. The fraction of sp³-hybridized carbons (Fsp3) is 1.00. The van der Waals surface area contributed by atoms with Gasteiger partial charge in [-0.25, -0.2) is 0 Å². The minimum atomic E-state index is -0.353. The largest absolute Gasteiger partial charge is 0.389 e. The summed E-state index contributed by atoms with van der Waals surface area (Å²) >= 11 is 0. The van der Waals surface area contributed by atoms with Crippen LogP contribution in [0.4, 0.5) is 0 Å². The average molecular weight is 310 g/mol. The molecule has 2 bridgehead atoms. The van der Waals surface area contributed by atoms with Crippen LogP contribution < -0.4 is 0 Å². The number of nitrogens with zero attached hydrogens (tertiary/aromatic N) is 2. The molecule has 1 saturated heterocycles. The van der Waals surface area contributed by atoms with Crippen LogP contribution in [0, 0.1) is 16.7 Å². The molecule has 0 spiro atoms.